The number of carbonyl (C=O) groups excluding carboxylic acids is 1. The van der Waals surface area contributed by atoms with Crippen LogP contribution in [0.3, 0.4) is 0 Å². The van der Waals surface area contributed by atoms with Gasteiger partial charge in [-0.15, -0.1) is 0 Å². The summed E-state index contributed by atoms with van der Waals surface area (Å²) in [5.74, 6) is 0.634. The maximum absolute atomic E-state index is 11.8. The molecule has 0 aliphatic carbocycles. The summed E-state index contributed by atoms with van der Waals surface area (Å²) in [6, 6.07) is -0.303. The summed E-state index contributed by atoms with van der Waals surface area (Å²) in [5.41, 5.74) is 5.76. The summed E-state index contributed by atoms with van der Waals surface area (Å²) >= 11 is 0. The molecule has 0 aliphatic rings. The number of nitrogens with zero attached hydrogens (tertiary/aromatic N) is 3. The van der Waals surface area contributed by atoms with E-state index < -0.39 is 6.04 Å². The van der Waals surface area contributed by atoms with Crippen LogP contribution in [-0.4, -0.2) is 40.3 Å². The highest BCUT2D eigenvalue weighted by molar-refractivity contribution is 5.85. The van der Waals surface area contributed by atoms with Gasteiger partial charge in [-0.05, 0) is 20.3 Å². The molecule has 1 atom stereocenters. The molecular weight excluding hydrogens is 220 g/mol. The van der Waals surface area contributed by atoms with Gasteiger partial charge in [-0.1, -0.05) is 0 Å². The van der Waals surface area contributed by atoms with Crippen molar-refractivity contribution in [1.29, 1.82) is 0 Å². The van der Waals surface area contributed by atoms with Crippen molar-refractivity contribution in [3.63, 3.8) is 0 Å². The Balaban J connectivity index is 2.58. The molecule has 1 rings (SSSR count). The van der Waals surface area contributed by atoms with E-state index in [1.807, 2.05) is 13.8 Å². The molecular formula is C11H20N4O2. The zero-order valence-electron chi connectivity index (χ0n) is 10.6. The number of hydrogen-bond donors (Lipinski definition) is 1. The predicted octanol–water partition coefficient (Wildman–Crippen LogP) is 0.334. The molecule has 0 aliphatic heterocycles. The summed E-state index contributed by atoms with van der Waals surface area (Å²) in [4.78, 5) is 15.9. The summed E-state index contributed by atoms with van der Waals surface area (Å²) < 4.78 is 6.63. The molecule has 1 aromatic heterocycles. The Morgan fingerprint density at radius 1 is 1.59 bits per heavy atom. The van der Waals surface area contributed by atoms with E-state index >= 15 is 0 Å². The van der Waals surface area contributed by atoms with Crippen LogP contribution in [0.4, 0.5) is 0 Å². The molecule has 0 radical (unpaired) electrons. The van der Waals surface area contributed by atoms with Crippen LogP contribution in [0.25, 0.3) is 0 Å². The van der Waals surface area contributed by atoms with Crippen LogP contribution in [-0.2, 0) is 16.0 Å². The fourth-order valence-electron chi connectivity index (χ4n) is 1.52. The van der Waals surface area contributed by atoms with Gasteiger partial charge in [-0.3, -0.25) is 4.79 Å². The summed E-state index contributed by atoms with van der Waals surface area (Å²) in [6.45, 7) is 4.48. The lowest BCUT2D eigenvalue weighted by Gasteiger charge is -2.12. The third kappa shape index (κ3) is 3.90. The first-order valence-corrected chi connectivity index (χ1v) is 5.71. The van der Waals surface area contributed by atoms with Crippen molar-refractivity contribution < 1.29 is 9.53 Å². The highest BCUT2D eigenvalue weighted by Crippen LogP contribution is 2.07. The standard InChI is InChI=1S/C11H20N4O2/c1-8(2)15-11(13-7-14-15)6-10(16)9(12)4-5-17-3/h7-9H,4-6,12H2,1-3H3. The Bertz CT molecular complexity index is 362. The molecule has 1 unspecified atom stereocenters. The Morgan fingerprint density at radius 3 is 2.88 bits per heavy atom. The van der Waals surface area contributed by atoms with Gasteiger partial charge in [0, 0.05) is 19.8 Å². The number of methoxy groups -OCH3 is 1. The first-order chi connectivity index (χ1) is 8.06. The van der Waals surface area contributed by atoms with Gasteiger partial charge in [0.25, 0.3) is 0 Å². The Kier molecular flexibility index (Phi) is 5.24. The van der Waals surface area contributed by atoms with Crippen molar-refractivity contribution in [3.05, 3.63) is 12.2 Å². The molecule has 1 heterocycles. The Morgan fingerprint density at radius 2 is 2.29 bits per heavy atom. The summed E-state index contributed by atoms with van der Waals surface area (Å²) in [5, 5.41) is 4.08. The molecule has 0 fully saturated rings. The fraction of sp³-hybridized carbons (Fsp3) is 0.727. The second-order valence-corrected chi connectivity index (χ2v) is 4.25. The number of ether oxygens (including phenoxy) is 1. The molecule has 0 spiro atoms. The molecule has 1 aromatic rings. The lowest BCUT2D eigenvalue weighted by Crippen LogP contribution is -2.33. The molecule has 17 heavy (non-hydrogen) atoms. The smallest absolute Gasteiger partial charge is 0.157 e. The minimum absolute atomic E-state index is 0.0306. The predicted molar refractivity (Wildman–Crippen MR) is 63.6 cm³/mol. The third-order valence-corrected chi connectivity index (χ3v) is 2.52. The van der Waals surface area contributed by atoms with Gasteiger partial charge in [-0.25, -0.2) is 9.67 Å². The molecule has 6 nitrogen and oxygen atoms in total. The van der Waals surface area contributed by atoms with Crippen LogP contribution >= 0.6 is 0 Å². The van der Waals surface area contributed by atoms with Crippen LogP contribution in [0.2, 0.25) is 0 Å². The molecule has 6 heteroatoms. The summed E-state index contributed by atoms with van der Waals surface area (Å²) in [7, 11) is 1.59. The van der Waals surface area contributed by atoms with E-state index in [4.69, 9.17) is 10.5 Å². The monoisotopic (exact) mass is 240 g/mol. The number of ketones is 1. The van der Waals surface area contributed by atoms with Crippen molar-refractivity contribution in [2.45, 2.75) is 38.8 Å². The van der Waals surface area contributed by atoms with Crippen molar-refractivity contribution in [1.82, 2.24) is 14.8 Å². The third-order valence-electron chi connectivity index (χ3n) is 2.52. The molecule has 0 aromatic carbocycles. The van der Waals surface area contributed by atoms with E-state index in [1.54, 1.807) is 11.8 Å². The highest BCUT2D eigenvalue weighted by atomic mass is 16.5. The second-order valence-electron chi connectivity index (χ2n) is 4.25. The first kappa shape index (κ1) is 13.8. The van der Waals surface area contributed by atoms with E-state index in [1.165, 1.54) is 6.33 Å². The van der Waals surface area contributed by atoms with Crippen molar-refractivity contribution in [2.75, 3.05) is 13.7 Å². The number of rotatable bonds is 7. The van der Waals surface area contributed by atoms with Crippen LogP contribution in [0.5, 0.6) is 0 Å². The van der Waals surface area contributed by atoms with Gasteiger partial charge in [0.1, 0.15) is 12.2 Å². The molecule has 96 valence electrons. The maximum atomic E-state index is 11.8. The number of aromatic nitrogens is 3. The first-order valence-electron chi connectivity index (χ1n) is 5.71. The molecule has 0 saturated carbocycles. The van der Waals surface area contributed by atoms with Crippen molar-refractivity contribution in [3.8, 4) is 0 Å². The normalized spacial score (nSPS) is 13.0. The average Bonchev–Trinajstić information content (AvgIpc) is 2.73. The van der Waals surface area contributed by atoms with Crippen molar-refractivity contribution in [2.24, 2.45) is 5.73 Å². The quantitative estimate of drug-likeness (QED) is 0.742. The minimum Gasteiger partial charge on any atom is -0.385 e. The van der Waals surface area contributed by atoms with Crippen LogP contribution < -0.4 is 5.73 Å². The number of hydrogen-bond acceptors (Lipinski definition) is 5. The van der Waals surface area contributed by atoms with E-state index in [2.05, 4.69) is 10.1 Å². The average molecular weight is 240 g/mol. The molecule has 0 bridgehead atoms. The van der Waals surface area contributed by atoms with Crippen LogP contribution in [0.15, 0.2) is 6.33 Å². The van der Waals surface area contributed by atoms with Crippen LogP contribution in [0, 0.1) is 0 Å². The second kappa shape index (κ2) is 6.46. The lowest BCUT2D eigenvalue weighted by molar-refractivity contribution is -0.120. The number of nitrogens with two attached hydrogens (primary N) is 1. The van der Waals surface area contributed by atoms with Gasteiger partial charge in [-0.2, -0.15) is 5.10 Å². The van der Waals surface area contributed by atoms with Crippen molar-refractivity contribution >= 4 is 5.78 Å². The molecule has 2 N–H and O–H groups in total. The maximum Gasteiger partial charge on any atom is 0.157 e. The van der Waals surface area contributed by atoms with Gasteiger partial charge >= 0.3 is 0 Å². The van der Waals surface area contributed by atoms with E-state index in [-0.39, 0.29) is 18.2 Å². The largest absolute Gasteiger partial charge is 0.385 e. The molecule has 0 saturated heterocycles. The number of carbonyl (C=O) groups is 1. The zero-order chi connectivity index (χ0) is 12.8. The van der Waals surface area contributed by atoms with E-state index in [0.717, 1.165) is 0 Å². The zero-order valence-corrected chi connectivity index (χ0v) is 10.6. The Labute approximate surface area is 101 Å². The number of Topliss-reactive ketones (excluding diaryl/α,β-unsaturated/α-hetero) is 1. The van der Waals surface area contributed by atoms with Gasteiger partial charge in [0.2, 0.25) is 0 Å². The SMILES string of the molecule is COCCC(N)C(=O)Cc1ncnn1C(C)C. The van der Waals surface area contributed by atoms with Gasteiger partial charge < -0.3 is 10.5 Å². The minimum atomic E-state index is -0.493. The van der Waals surface area contributed by atoms with Gasteiger partial charge in [0.05, 0.1) is 12.5 Å². The Hall–Kier alpha value is -1.27. The van der Waals surface area contributed by atoms with Gasteiger partial charge in [0.15, 0.2) is 5.78 Å². The van der Waals surface area contributed by atoms with E-state index in [9.17, 15) is 4.79 Å². The highest BCUT2D eigenvalue weighted by Gasteiger charge is 2.17. The summed E-state index contributed by atoms with van der Waals surface area (Å²) in [6.07, 6.45) is 2.22. The van der Waals surface area contributed by atoms with Crippen LogP contribution in [0.1, 0.15) is 32.1 Å². The molecule has 0 amide bonds. The topological polar surface area (TPSA) is 83.0 Å². The fourth-order valence-corrected chi connectivity index (χ4v) is 1.52. The van der Waals surface area contributed by atoms with E-state index in [0.29, 0.717) is 18.9 Å². The lowest BCUT2D eigenvalue weighted by atomic mass is 10.1.